The van der Waals surface area contributed by atoms with Gasteiger partial charge in [0, 0.05) is 11.1 Å². The summed E-state index contributed by atoms with van der Waals surface area (Å²) in [6.45, 7) is 9.68. The summed E-state index contributed by atoms with van der Waals surface area (Å²) in [7, 11) is 0. The SMILES string of the molecule is CCc1nn(CC(=O)OC(C)(C)C)c2cnc(C)cc12. The summed E-state index contributed by atoms with van der Waals surface area (Å²) in [5.74, 6) is -0.287. The number of carbonyl (C=O) groups is 1. The molecule has 0 bridgehead atoms. The van der Waals surface area contributed by atoms with Gasteiger partial charge in [0.25, 0.3) is 0 Å². The lowest BCUT2D eigenvalue weighted by Crippen LogP contribution is -2.26. The average Bonchev–Trinajstić information content (AvgIpc) is 2.64. The molecule has 2 rings (SSSR count). The highest BCUT2D eigenvalue weighted by Gasteiger charge is 2.18. The maximum absolute atomic E-state index is 11.9. The van der Waals surface area contributed by atoms with Crippen LogP contribution in [-0.4, -0.2) is 26.3 Å². The minimum absolute atomic E-state index is 0.110. The Balaban J connectivity index is 2.33. The molecule has 0 unspecified atom stereocenters. The number of pyridine rings is 1. The van der Waals surface area contributed by atoms with Crippen LogP contribution in [0.5, 0.6) is 0 Å². The van der Waals surface area contributed by atoms with Gasteiger partial charge in [0.1, 0.15) is 12.1 Å². The molecule has 5 nitrogen and oxygen atoms in total. The van der Waals surface area contributed by atoms with Gasteiger partial charge < -0.3 is 4.74 Å². The number of hydrogen-bond donors (Lipinski definition) is 0. The van der Waals surface area contributed by atoms with Gasteiger partial charge in [-0.25, -0.2) is 0 Å². The van der Waals surface area contributed by atoms with Gasteiger partial charge in [-0.2, -0.15) is 5.10 Å². The van der Waals surface area contributed by atoms with E-state index in [9.17, 15) is 4.79 Å². The lowest BCUT2D eigenvalue weighted by atomic mass is 10.2. The molecule has 0 atom stereocenters. The summed E-state index contributed by atoms with van der Waals surface area (Å²) < 4.78 is 7.01. The number of carbonyl (C=O) groups excluding carboxylic acids is 1. The number of rotatable bonds is 3. The molecule has 0 amide bonds. The van der Waals surface area contributed by atoms with Crippen LogP contribution >= 0.6 is 0 Å². The Kier molecular flexibility index (Phi) is 3.79. The molecule has 0 radical (unpaired) electrons. The Morgan fingerprint density at radius 2 is 2.10 bits per heavy atom. The summed E-state index contributed by atoms with van der Waals surface area (Å²) in [6.07, 6.45) is 2.59. The minimum atomic E-state index is -0.484. The van der Waals surface area contributed by atoms with Gasteiger partial charge in [-0.15, -0.1) is 0 Å². The fourth-order valence-electron chi connectivity index (χ4n) is 2.12. The van der Waals surface area contributed by atoms with E-state index in [-0.39, 0.29) is 12.5 Å². The molecule has 0 aliphatic heterocycles. The van der Waals surface area contributed by atoms with Crippen LogP contribution in [0.2, 0.25) is 0 Å². The van der Waals surface area contributed by atoms with Gasteiger partial charge in [0.15, 0.2) is 0 Å². The second-order valence-electron chi connectivity index (χ2n) is 5.89. The van der Waals surface area contributed by atoms with Crippen molar-refractivity contribution in [3.63, 3.8) is 0 Å². The van der Waals surface area contributed by atoms with Gasteiger partial charge >= 0.3 is 5.97 Å². The van der Waals surface area contributed by atoms with Crippen LogP contribution in [0.3, 0.4) is 0 Å². The zero-order chi connectivity index (χ0) is 14.9. The van der Waals surface area contributed by atoms with Crippen molar-refractivity contribution in [3.8, 4) is 0 Å². The Morgan fingerprint density at radius 3 is 2.70 bits per heavy atom. The van der Waals surface area contributed by atoms with Crippen molar-refractivity contribution in [3.05, 3.63) is 23.7 Å². The first-order valence-corrected chi connectivity index (χ1v) is 6.84. The molecule has 0 aliphatic carbocycles. The Morgan fingerprint density at radius 1 is 1.40 bits per heavy atom. The van der Waals surface area contributed by atoms with E-state index in [0.29, 0.717) is 0 Å². The predicted molar refractivity (Wildman–Crippen MR) is 77.5 cm³/mol. The molecule has 0 saturated heterocycles. The first-order valence-electron chi connectivity index (χ1n) is 6.84. The molecular weight excluding hydrogens is 254 g/mol. The van der Waals surface area contributed by atoms with Gasteiger partial charge in [0.05, 0.1) is 17.4 Å². The highest BCUT2D eigenvalue weighted by atomic mass is 16.6. The third-order valence-corrected chi connectivity index (χ3v) is 2.88. The smallest absolute Gasteiger partial charge is 0.328 e. The zero-order valence-corrected chi connectivity index (χ0v) is 12.7. The van der Waals surface area contributed by atoms with Crippen molar-refractivity contribution in [2.75, 3.05) is 0 Å². The Bertz CT molecular complexity index is 638. The summed E-state index contributed by atoms with van der Waals surface area (Å²) in [5.41, 5.74) is 2.32. The van der Waals surface area contributed by atoms with Crippen molar-refractivity contribution in [1.82, 2.24) is 14.8 Å². The molecule has 2 aromatic heterocycles. The summed E-state index contributed by atoms with van der Waals surface area (Å²) in [6, 6.07) is 2.01. The fourth-order valence-corrected chi connectivity index (χ4v) is 2.12. The average molecular weight is 275 g/mol. The maximum Gasteiger partial charge on any atom is 0.328 e. The van der Waals surface area contributed by atoms with E-state index in [1.54, 1.807) is 10.9 Å². The van der Waals surface area contributed by atoms with E-state index in [4.69, 9.17) is 4.74 Å². The van der Waals surface area contributed by atoms with Crippen molar-refractivity contribution in [1.29, 1.82) is 0 Å². The van der Waals surface area contributed by atoms with Crippen LogP contribution in [-0.2, 0) is 22.5 Å². The first kappa shape index (κ1) is 14.5. The van der Waals surface area contributed by atoms with Crippen molar-refractivity contribution >= 4 is 16.9 Å². The number of ether oxygens (including phenoxy) is 1. The van der Waals surface area contributed by atoms with E-state index >= 15 is 0 Å². The predicted octanol–water partition coefficient (Wildman–Crippen LogP) is 2.64. The standard InChI is InChI=1S/C15H21N3O2/c1-6-12-11-7-10(2)16-8-13(11)18(17-12)9-14(19)20-15(3,4)5/h7-8H,6,9H2,1-5H3. The van der Waals surface area contributed by atoms with Crippen LogP contribution in [0.25, 0.3) is 10.9 Å². The largest absolute Gasteiger partial charge is 0.459 e. The molecule has 2 aromatic rings. The van der Waals surface area contributed by atoms with Crippen LogP contribution in [0.4, 0.5) is 0 Å². The minimum Gasteiger partial charge on any atom is -0.459 e. The molecule has 0 saturated carbocycles. The van der Waals surface area contributed by atoms with Crippen LogP contribution in [0.1, 0.15) is 39.1 Å². The number of aromatic nitrogens is 3. The van der Waals surface area contributed by atoms with E-state index in [1.807, 2.05) is 33.8 Å². The molecule has 108 valence electrons. The molecule has 2 heterocycles. The molecule has 0 aromatic carbocycles. The van der Waals surface area contributed by atoms with Gasteiger partial charge in [-0.3, -0.25) is 14.5 Å². The number of nitrogens with zero attached hydrogens (tertiary/aromatic N) is 3. The summed E-state index contributed by atoms with van der Waals surface area (Å²) in [5, 5.41) is 5.55. The maximum atomic E-state index is 11.9. The molecular formula is C15H21N3O2. The molecule has 20 heavy (non-hydrogen) atoms. The molecule has 0 N–H and O–H groups in total. The van der Waals surface area contributed by atoms with E-state index in [1.165, 1.54) is 0 Å². The monoisotopic (exact) mass is 275 g/mol. The van der Waals surface area contributed by atoms with E-state index in [2.05, 4.69) is 17.0 Å². The number of fused-ring (bicyclic) bond motifs is 1. The molecule has 5 heteroatoms. The first-order chi connectivity index (χ1) is 9.30. The van der Waals surface area contributed by atoms with Gasteiger partial charge in [0.2, 0.25) is 0 Å². The molecule has 0 spiro atoms. The van der Waals surface area contributed by atoms with Gasteiger partial charge in [-0.1, -0.05) is 6.92 Å². The third kappa shape index (κ3) is 3.15. The van der Waals surface area contributed by atoms with Crippen molar-refractivity contribution in [2.24, 2.45) is 0 Å². The lowest BCUT2D eigenvalue weighted by Gasteiger charge is -2.19. The molecule has 0 aliphatic rings. The Labute approximate surface area is 118 Å². The quantitative estimate of drug-likeness (QED) is 0.808. The third-order valence-electron chi connectivity index (χ3n) is 2.88. The van der Waals surface area contributed by atoms with Crippen LogP contribution in [0, 0.1) is 6.92 Å². The number of esters is 1. The normalized spacial score (nSPS) is 11.8. The molecule has 0 fully saturated rings. The lowest BCUT2D eigenvalue weighted by molar-refractivity contribution is -0.155. The number of hydrogen-bond acceptors (Lipinski definition) is 4. The summed E-state index contributed by atoms with van der Waals surface area (Å²) >= 11 is 0. The second-order valence-corrected chi connectivity index (χ2v) is 5.89. The van der Waals surface area contributed by atoms with Crippen molar-refractivity contribution in [2.45, 2.75) is 53.2 Å². The van der Waals surface area contributed by atoms with Gasteiger partial charge in [-0.05, 0) is 40.2 Å². The summed E-state index contributed by atoms with van der Waals surface area (Å²) in [4.78, 5) is 16.2. The Hall–Kier alpha value is -1.91. The van der Waals surface area contributed by atoms with Crippen LogP contribution < -0.4 is 0 Å². The van der Waals surface area contributed by atoms with E-state index < -0.39 is 5.60 Å². The second kappa shape index (κ2) is 5.23. The number of aryl methyl sites for hydroxylation is 2. The zero-order valence-electron chi connectivity index (χ0n) is 12.7. The fraction of sp³-hybridized carbons (Fsp3) is 0.533. The van der Waals surface area contributed by atoms with Crippen LogP contribution in [0.15, 0.2) is 12.3 Å². The highest BCUT2D eigenvalue weighted by molar-refractivity contribution is 5.83. The topological polar surface area (TPSA) is 57.0 Å². The van der Waals surface area contributed by atoms with Crippen molar-refractivity contribution < 1.29 is 9.53 Å². The van der Waals surface area contributed by atoms with E-state index in [0.717, 1.165) is 28.7 Å². The highest BCUT2D eigenvalue weighted by Crippen LogP contribution is 2.19.